The molecule has 4 N–H and O–H groups in total. The van der Waals surface area contributed by atoms with E-state index in [1.54, 1.807) is 10.9 Å². The summed E-state index contributed by atoms with van der Waals surface area (Å²) < 4.78 is 1.65. The van der Waals surface area contributed by atoms with Crippen molar-refractivity contribution in [1.29, 1.82) is 0 Å². The number of hydrogen-bond donors (Lipinski definition) is 3. The molecular formula is C10H20N4O. The second-order valence-electron chi connectivity index (χ2n) is 4.26. The summed E-state index contributed by atoms with van der Waals surface area (Å²) in [5, 5.41) is 16.5. The number of nitrogens with one attached hydrogen (secondary N) is 1. The third kappa shape index (κ3) is 3.43. The number of aromatic nitrogens is 2. The zero-order chi connectivity index (χ0) is 11.4. The van der Waals surface area contributed by atoms with Gasteiger partial charge in [0.2, 0.25) is 0 Å². The molecule has 1 heterocycles. The summed E-state index contributed by atoms with van der Waals surface area (Å²) in [5.41, 5.74) is 6.36. The maximum absolute atomic E-state index is 9.20. The van der Waals surface area contributed by atoms with Crippen molar-refractivity contribution in [3.05, 3.63) is 6.20 Å². The highest BCUT2D eigenvalue weighted by Gasteiger charge is 2.12. The summed E-state index contributed by atoms with van der Waals surface area (Å²) in [6, 6.07) is 0.0159. The molecule has 86 valence electrons. The van der Waals surface area contributed by atoms with Gasteiger partial charge in [0.15, 0.2) is 5.82 Å². The highest BCUT2D eigenvalue weighted by molar-refractivity contribution is 5.60. The Morgan fingerprint density at radius 3 is 2.67 bits per heavy atom. The Morgan fingerprint density at radius 2 is 2.27 bits per heavy atom. The van der Waals surface area contributed by atoms with Crippen LogP contribution in [0.15, 0.2) is 6.20 Å². The fraction of sp³-hybridized carbons (Fsp3) is 0.700. The Kier molecular flexibility index (Phi) is 3.96. The van der Waals surface area contributed by atoms with Crippen molar-refractivity contribution in [3.63, 3.8) is 0 Å². The second kappa shape index (κ2) is 5.02. The lowest BCUT2D eigenvalue weighted by Crippen LogP contribution is -2.26. The predicted octanol–water partition coefficient (Wildman–Crippen LogP) is 0.821. The molecular weight excluding hydrogens is 192 g/mol. The molecule has 0 amide bonds. The number of nitrogens with zero attached hydrogens (tertiary/aromatic N) is 2. The summed E-state index contributed by atoms with van der Waals surface area (Å²) in [5.74, 6) is 1.18. The lowest BCUT2D eigenvalue weighted by Gasteiger charge is -2.18. The van der Waals surface area contributed by atoms with Crippen molar-refractivity contribution < 1.29 is 5.11 Å². The van der Waals surface area contributed by atoms with Crippen LogP contribution in [0.4, 0.5) is 11.5 Å². The number of hydrogen-bond acceptors (Lipinski definition) is 4. The Hall–Kier alpha value is -1.23. The first-order valence-electron chi connectivity index (χ1n) is 5.19. The van der Waals surface area contributed by atoms with Crippen LogP contribution in [0.3, 0.4) is 0 Å². The van der Waals surface area contributed by atoms with Gasteiger partial charge in [-0.25, -0.2) is 0 Å². The quantitative estimate of drug-likeness (QED) is 0.675. The molecule has 0 saturated carbocycles. The molecule has 0 bridgehead atoms. The highest BCUT2D eigenvalue weighted by atomic mass is 16.3. The fourth-order valence-corrected chi connectivity index (χ4v) is 1.56. The molecule has 0 aromatic carbocycles. The average Bonchev–Trinajstić information content (AvgIpc) is 2.43. The van der Waals surface area contributed by atoms with Crippen LogP contribution in [0.2, 0.25) is 0 Å². The molecule has 0 aliphatic carbocycles. The highest BCUT2D eigenvalue weighted by Crippen LogP contribution is 2.17. The monoisotopic (exact) mass is 212 g/mol. The lowest BCUT2D eigenvalue weighted by atomic mass is 10.0. The van der Waals surface area contributed by atoms with Gasteiger partial charge in [-0.1, -0.05) is 13.8 Å². The number of nitrogens with two attached hydrogens (primary N) is 1. The number of aliphatic hydroxyl groups is 1. The molecule has 15 heavy (non-hydrogen) atoms. The molecule has 1 rings (SSSR count). The molecule has 5 nitrogen and oxygen atoms in total. The van der Waals surface area contributed by atoms with E-state index >= 15 is 0 Å². The third-order valence-electron chi connectivity index (χ3n) is 2.17. The van der Waals surface area contributed by atoms with Crippen LogP contribution in [0, 0.1) is 5.92 Å². The molecule has 1 unspecified atom stereocenters. The molecule has 1 aromatic rings. The van der Waals surface area contributed by atoms with E-state index < -0.39 is 0 Å². The van der Waals surface area contributed by atoms with Gasteiger partial charge < -0.3 is 16.2 Å². The van der Waals surface area contributed by atoms with Crippen molar-refractivity contribution in [2.75, 3.05) is 17.7 Å². The van der Waals surface area contributed by atoms with E-state index in [9.17, 15) is 5.11 Å². The van der Waals surface area contributed by atoms with Crippen molar-refractivity contribution in [2.24, 2.45) is 13.0 Å². The Bertz CT molecular complexity index is 308. The topological polar surface area (TPSA) is 76.1 Å². The van der Waals surface area contributed by atoms with E-state index in [1.165, 1.54) is 0 Å². The molecule has 0 aliphatic heterocycles. The van der Waals surface area contributed by atoms with E-state index in [-0.39, 0.29) is 12.6 Å². The van der Waals surface area contributed by atoms with Crippen LogP contribution in [0.25, 0.3) is 0 Å². The van der Waals surface area contributed by atoms with Crippen LogP contribution < -0.4 is 11.1 Å². The predicted molar refractivity (Wildman–Crippen MR) is 61.6 cm³/mol. The normalized spacial score (nSPS) is 13.1. The van der Waals surface area contributed by atoms with E-state index in [1.807, 2.05) is 7.05 Å². The number of nitrogen functional groups attached to an aromatic ring is 1. The zero-order valence-corrected chi connectivity index (χ0v) is 9.57. The van der Waals surface area contributed by atoms with Crippen LogP contribution >= 0.6 is 0 Å². The molecule has 1 aromatic heterocycles. The van der Waals surface area contributed by atoms with Gasteiger partial charge in [-0.3, -0.25) is 4.68 Å². The number of rotatable bonds is 5. The van der Waals surface area contributed by atoms with Crippen LogP contribution in [-0.2, 0) is 7.05 Å². The summed E-state index contributed by atoms with van der Waals surface area (Å²) in [7, 11) is 1.82. The molecule has 0 spiro atoms. The van der Waals surface area contributed by atoms with Crippen molar-refractivity contribution >= 4 is 11.5 Å². The van der Waals surface area contributed by atoms with Gasteiger partial charge in [0, 0.05) is 13.2 Å². The lowest BCUT2D eigenvalue weighted by molar-refractivity contribution is 0.259. The fourth-order valence-electron chi connectivity index (χ4n) is 1.56. The van der Waals surface area contributed by atoms with Gasteiger partial charge in [0.1, 0.15) is 0 Å². The summed E-state index contributed by atoms with van der Waals surface area (Å²) in [6.45, 7) is 4.33. The van der Waals surface area contributed by atoms with Crippen LogP contribution in [0.1, 0.15) is 20.3 Å². The minimum atomic E-state index is 0.0159. The smallest absolute Gasteiger partial charge is 0.171 e. The first-order valence-corrected chi connectivity index (χ1v) is 5.19. The first-order chi connectivity index (χ1) is 7.02. The largest absolute Gasteiger partial charge is 0.394 e. The zero-order valence-electron chi connectivity index (χ0n) is 9.57. The van der Waals surface area contributed by atoms with Crippen molar-refractivity contribution in [3.8, 4) is 0 Å². The molecule has 5 heteroatoms. The molecule has 1 atom stereocenters. The first kappa shape index (κ1) is 11.8. The average molecular weight is 212 g/mol. The van der Waals surface area contributed by atoms with Gasteiger partial charge in [-0.15, -0.1) is 0 Å². The SMILES string of the molecule is CC(C)CC(CO)Nc1nn(C)cc1N. The Balaban J connectivity index is 2.62. The van der Waals surface area contributed by atoms with Crippen LogP contribution in [0.5, 0.6) is 0 Å². The van der Waals surface area contributed by atoms with Gasteiger partial charge >= 0.3 is 0 Å². The van der Waals surface area contributed by atoms with Crippen molar-refractivity contribution in [2.45, 2.75) is 26.3 Å². The number of aryl methyl sites for hydroxylation is 1. The van der Waals surface area contributed by atoms with E-state index in [2.05, 4.69) is 24.3 Å². The van der Waals surface area contributed by atoms with E-state index in [0.717, 1.165) is 6.42 Å². The van der Waals surface area contributed by atoms with Gasteiger partial charge in [-0.05, 0) is 12.3 Å². The van der Waals surface area contributed by atoms with E-state index in [4.69, 9.17) is 5.73 Å². The maximum Gasteiger partial charge on any atom is 0.171 e. The molecule has 0 fully saturated rings. The third-order valence-corrected chi connectivity index (χ3v) is 2.17. The standard InChI is InChI=1S/C10H20N4O/c1-7(2)4-8(6-15)12-10-9(11)5-14(3)13-10/h5,7-8,15H,4,6,11H2,1-3H3,(H,12,13). The van der Waals surface area contributed by atoms with E-state index in [0.29, 0.717) is 17.4 Å². The Labute approximate surface area is 90.3 Å². The molecule has 0 aliphatic rings. The van der Waals surface area contributed by atoms with Gasteiger partial charge in [-0.2, -0.15) is 5.10 Å². The van der Waals surface area contributed by atoms with Gasteiger partial charge in [0.25, 0.3) is 0 Å². The maximum atomic E-state index is 9.20. The summed E-state index contributed by atoms with van der Waals surface area (Å²) >= 11 is 0. The second-order valence-corrected chi connectivity index (χ2v) is 4.26. The molecule has 0 radical (unpaired) electrons. The Morgan fingerprint density at radius 1 is 1.60 bits per heavy atom. The molecule has 0 saturated heterocycles. The van der Waals surface area contributed by atoms with Crippen LogP contribution in [-0.4, -0.2) is 27.5 Å². The number of aliphatic hydroxyl groups excluding tert-OH is 1. The summed E-state index contributed by atoms with van der Waals surface area (Å²) in [6.07, 6.45) is 2.64. The minimum absolute atomic E-state index is 0.0159. The minimum Gasteiger partial charge on any atom is -0.394 e. The van der Waals surface area contributed by atoms with Gasteiger partial charge in [0.05, 0.1) is 18.3 Å². The number of anilines is 2. The van der Waals surface area contributed by atoms with Crippen molar-refractivity contribution in [1.82, 2.24) is 9.78 Å². The summed E-state index contributed by atoms with van der Waals surface area (Å²) in [4.78, 5) is 0.